The summed E-state index contributed by atoms with van der Waals surface area (Å²) in [5, 5.41) is 2.88. The minimum absolute atomic E-state index is 0.0136. The van der Waals surface area contributed by atoms with Crippen molar-refractivity contribution >= 4 is 15.9 Å². The predicted octanol–water partition coefficient (Wildman–Crippen LogP) is 2.35. The van der Waals surface area contributed by atoms with Crippen LogP contribution < -0.4 is 10.0 Å². The highest BCUT2D eigenvalue weighted by molar-refractivity contribution is 7.89. The topological polar surface area (TPSA) is 75.3 Å². The standard InChI is InChI=1S/C16H21FN2O3S/c1-2-10-18-23(21,22)15-11-12(8-9-14(15)17)16(20)19-13-6-4-3-5-7-13/h2,8-9,11,13,18H,1,3-7,10H2,(H,19,20). The van der Waals surface area contributed by atoms with Gasteiger partial charge in [0.15, 0.2) is 0 Å². The fourth-order valence-corrected chi connectivity index (χ4v) is 3.71. The SMILES string of the molecule is C=CCNS(=O)(=O)c1cc(C(=O)NC2CCCCC2)ccc1F. The Labute approximate surface area is 136 Å². The molecule has 2 rings (SSSR count). The zero-order valence-electron chi connectivity index (χ0n) is 12.8. The van der Waals surface area contributed by atoms with Gasteiger partial charge >= 0.3 is 0 Å². The van der Waals surface area contributed by atoms with Crippen LogP contribution in [0.25, 0.3) is 0 Å². The minimum Gasteiger partial charge on any atom is -0.349 e. The maximum atomic E-state index is 13.8. The quantitative estimate of drug-likeness (QED) is 0.781. The summed E-state index contributed by atoms with van der Waals surface area (Å²) in [7, 11) is -4.02. The molecule has 1 aliphatic rings. The van der Waals surface area contributed by atoms with Crippen molar-refractivity contribution in [1.29, 1.82) is 0 Å². The Morgan fingerprint density at radius 2 is 2.00 bits per heavy atom. The number of carbonyl (C=O) groups is 1. The highest BCUT2D eigenvalue weighted by Crippen LogP contribution is 2.19. The lowest BCUT2D eigenvalue weighted by molar-refractivity contribution is 0.0927. The largest absolute Gasteiger partial charge is 0.349 e. The molecular weight excluding hydrogens is 319 g/mol. The molecule has 0 saturated heterocycles. The molecule has 2 N–H and O–H groups in total. The first kappa shape index (κ1) is 17.6. The van der Waals surface area contributed by atoms with Crippen molar-refractivity contribution in [1.82, 2.24) is 10.0 Å². The molecule has 1 amide bonds. The Kier molecular flexibility index (Phi) is 5.90. The van der Waals surface area contributed by atoms with Crippen molar-refractivity contribution in [2.75, 3.05) is 6.54 Å². The van der Waals surface area contributed by atoms with Crippen LogP contribution >= 0.6 is 0 Å². The Morgan fingerprint density at radius 3 is 2.65 bits per heavy atom. The highest BCUT2D eigenvalue weighted by Gasteiger charge is 2.22. The Hall–Kier alpha value is -1.73. The Bertz CT molecular complexity index is 683. The van der Waals surface area contributed by atoms with Crippen molar-refractivity contribution in [2.45, 2.75) is 43.0 Å². The summed E-state index contributed by atoms with van der Waals surface area (Å²) in [6.45, 7) is 3.39. The van der Waals surface area contributed by atoms with Crippen LogP contribution in [0.15, 0.2) is 35.7 Å². The van der Waals surface area contributed by atoms with E-state index in [4.69, 9.17) is 0 Å². The van der Waals surface area contributed by atoms with E-state index in [1.165, 1.54) is 18.6 Å². The fraction of sp³-hybridized carbons (Fsp3) is 0.438. The fourth-order valence-electron chi connectivity index (χ4n) is 2.61. The summed E-state index contributed by atoms with van der Waals surface area (Å²) < 4.78 is 40.1. The number of halogens is 1. The van der Waals surface area contributed by atoms with E-state index in [1.807, 2.05) is 0 Å². The molecule has 0 spiro atoms. The minimum atomic E-state index is -4.02. The number of amides is 1. The monoisotopic (exact) mass is 340 g/mol. The van der Waals surface area contributed by atoms with Crippen molar-refractivity contribution < 1.29 is 17.6 Å². The number of rotatable bonds is 6. The number of carbonyl (C=O) groups excluding carboxylic acids is 1. The number of hydrogen-bond acceptors (Lipinski definition) is 3. The molecule has 0 bridgehead atoms. The lowest BCUT2D eigenvalue weighted by Crippen LogP contribution is -2.36. The first-order chi connectivity index (χ1) is 10.9. The van der Waals surface area contributed by atoms with Gasteiger partial charge in [-0.25, -0.2) is 17.5 Å². The third kappa shape index (κ3) is 4.62. The Balaban J connectivity index is 2.18. The van der Waals surface area contributed by atoms with Gasteiger partial charge in [-0.15, -0.1) is 6.58 Å². The van der Waals surface area contributed by atoms with E-state index < -0.39 is 20.7 Å². The molecule has 5 nitrogen and oxygen atoms in total. The molecule has 7 heteroatoms. The molecule has 1 saturated carbocycles. The molecule has 0 radical (unpaired) electrons. The van der Waals surface area contributed by atoms with Gasteiger partial charge in [-0.1, -0.05) is 25.3 Å². The van der Waals surface area contributed by atoms with Crippen LogP contribution in [0.3, 0.4) is 0 Å². The van der Waals surface area contributed by atoms with Gasteiger partial charge in [-0.2, -0.15) is 0 Å². The van der Waals surface area contributed by atoms with Gasteiger partial charge in [-0.3, -0.25) is 4.79 Å². The maximum absolute atomic E-state index is 13.8. The van der Waals surface area contributed by atoms with E-state index in [0.717, 1.165) is 37.8 Å². The van der Waals surface area contributed by atoms with Crippen LogP contribution in [0.5, 0.6) is 0 Å². The van der Waals surface area contributed by atoms with Crippen LogP contribution in [-0.2, 0) is 10.0 Å². The van der Waals surface area contributed by atoms with Crippen molar-refractivity contribution in [3.05, 3.63) is 42.2 Å². The molecule has 1 fully saturated rings. The number of benzene rings is 1. The van der Waals surface area contributed by atoms with Crippen molar-refractivity contribution in [2.24, 2.45) is 0 Å². The molecule has 1 aromatic rings. The van der Waals surface area contributed by atoms with E-state index in [9.17, 15) is 17.6 Å². The molecule has 0 heterocycles. The lowest BCUT2D eigenvalue weighted by Gasteiger charge is -2.22. The summed E-state index contributed by atoms with van der Waals surface area (Å²) in [5.41, 5.74) is 0.135. The van der Waals surface area contributed by atoms with Crippen LogP contribution in [0, 0.1) is 5.82 Å². The number of sulfonamides is 1. The van der Waals surface area contributed by atoms with E-state index in [1.54, 1.807) is 0 Å². The summed E-state index contributed by atoms with van der Waals surface area (Å²) >= 11 is 0. The highest BCUT2D eigenvalue weighted by atomic mass is 32.2. The van der Waals surface area contributed by atoms with Crippen LogP contribution in [0.2, 0.25) is 0 Å². The van der Waals surface area contributed by atoms with Gasteiger partial charge in [0, 0.05) is 18.2 Å². The molecule has 0 aliphatic heterocycles. The van der Waals surface area contributed by atoms with Gasteiger partial charge in [0.1, 0.15) is 10.7 Å². The zero-order valence-corrected chi connectivity index (χ0v) is 13.7. The molecule has 0 atom stereocenters. The lowest BCUT2D eigenvalue weighted by atomic mass is 9.95. The molecule has 23 heavy (non-hydrogen) atoms. The Morgan fingerprint density at radius 1 is 1.30 bits per heavy atom. The summed E-state index contributed by atoms with van der Waals surface area (Å²) in [4.78, 5) is 11.7. The number of nitrogens with one attached hydrogen (secondary N) is 2. The van der Waals surface area contributed by atoms with Gasteiger partial charge in [0.05, 0.1) is 0 Å². The molecule has 1 aromatic carbocycles. The maximum Gasteiger partial charge on any atom is 0.251 e. The van der Waals surface area contributed by atoms with E-state index in [-0.39, 0.29) is 24.1 Å². The van der Waals surface area contributed by atoms with Gasteiger partial charge in [0.25, 0.3) is 5.91 Å². The van der Waals surface area contributed by atoms with Crippen molar-refractivity contribution in [3.8, 4) is 0 Å². The second kappa shape index (κ2) is 7.70. The predicted molar refractivity (Wildman–Crippen MR) is 86.1 cm³/mol. The van der Waals surface area contributed by atoms with Crippen LogP contribution in [0.4, 0.5) is 4.39 Å². The van der Waals surface area contributed by atoms with E-state index >= 15 is 0 Å². The van der Waals surface area contributed by atoms with E-state index in [0.29, 0.717) is 0 Å². The molecule has 0 unspecified atom stereocenters. The second-order valence-electron chi connectivity index (χ2n) is 5.59. The summed E-state index contributed by atoms with van der Waals surface area (Å²) in [6, 6.07) is 3.46. The molecule has 0 aromatic heterocycles. The van der Waals surface area contributed by atoms with Crippen LogP contribution in [0.1, 0.15) is 42.5 Å². The average Bonchev–Trinajstić information content (AvgIpc) is 2.54. The summed E-state index contributed by atoms with van der Waals surface area (Å²) in [6.07, 6.45) is 6.49. The smallest absolute Gasteiger partial charge is 0.251 e. The van der Waals surface area contributed by atoms with Gasteiger partial charge in [0.2, 0.25) is 10.0 Å². The van der Waals surface area contributed by atoms with Crippen molar-refractivity contribution in [3.63, 3.8) is 0 Å². The molecule has 126 valence electrons. The molecule has 1 aliphatic carbocycles. The first-order valence-electron chi connectivity index (χ1n) is 7.65. The number of hydrogen-bond donors (Lipinski definition) is 2. The third-order valence-corrected chi connectivity index (χ3v) is 5.28. The van der Waals surface area contributed by atoms with Gasteiger partial charge in [-0.05, 0) is 31.0 Å². The van der Waals surface area contributed by atoms with Crippen LogP contribution in [-0.4, -0.2) is 26.9 Å². The summed E-state index contributed by atoms with van der Waals surface area (Å²) in [5.74, 6) is -1.27. The van der Waals surface area contributed by atoms with Gasteiger partial charge < -0.3 is 5.32 Å². The third-order valence-electron chi connectivity index (χ3n) is 3.84. The first-order valence-corrected chi connectivity index (χ1v) is 9.13. The average molecular weight is 340 g/mol. The normalized spacial score (nSPS) is 16.0. The molecular formula is C16H21FN2O3S. The zero-order chi connectivity index (χ0) is 16.9. The second-order valence-corrected chi connectivity index (χ2v) is 7.33. The van der Waals surface area contributed by atoms with E-state index in [2.05, 4.69) is 16.6 Å².